The monoisotopic (exact) mass is 246 g/mol. The Morgan fingerprint density at radius 2 is 2.06 bits per heavy atom. The van der Waals surface area contributed by atoms with Gasteiger partial charge in [-0.25, -0.2) is 0 Å². The van der Waals surface area contributed by atoms with E-state index in [4.69, 9.17) is 0 Å². The molecule has 1 N–H and O–H groups in total. The van der Waals surface area contributed by atoms with Crippen molar-refractivity contribution in [3.05, 3.63) is 46.0 Å². The number of rotatable bonds is 3. The molecule has 0 fully saturated rings. The molecule has 0 spiro atoms. The molecule has 0 saturated heterocycles. The summed E-state index contributed by atoms with van der Waals surface area (Å²) < 4.78 is 0. The minimum absolute atomic E-state index is 0.112. The van der Waals surface area contributed by atoms with Gasteiger partial charge in [0, 0.05) is 18.7 Å². The minimum atomic E-state index is -0.431. The zero-order valence-corrected chi connectivity index (χ0v) is 10.2. The molecule has 18 heavy (non-hydrogen) atoms. The highest BCUT2D eigenvalue weighted by Gasteiger charge is 2.19. The number of non-ortho nitro benzene ring substituents is 1. The van der Waals surface area contributed by atoms with E-state index in [-0.39, 0.29) is 5.69 Å². The summed E-state index contributed by atoms with van der Waals surface area (Å²) in [5.41, 5.74) is 2.31. The van der Waals surface area contributed by atoms with Gasteiger partial charge < -0.3 is 9.83 Å². The summed E-state index contributed by atoms with van der Waals surface area (Å²) in [5, 5.41) is 20.0. The zero-order valence-electron chi connectivity index (χ0n) is 10.2. The molecule has 0 unspecified atom stereocenters. The van der Waals surface area contributed by atoms with Gasteiger partial charge in [0.1, 0.15) is 0 Å². The molecule has 0 bridgehead atoms. The molecule has 2 rings (SSSR count). The van der Waals surface area contributed by atoms with E-state index in [1.807, 2.05) is 4.81 Å². The third-order valence-electron chi connectivity index (χ3n) is 3.22. The van der Waals surface area contributed by atoms with Gasteiger partial charge in [-0.3, -0.25) is 10.1 Å². The van der Waals surface area contributed by atoms with Crippen molar-refractivity contribution in [2.75, 3.05) is 13.1 Å². The number of hydrogen-bond donors (Lipinski definition) is 1. The Hall–Kier alpha value is -1.66. The maximum Gasteiger partial charge on any atom is 0.376 e. The highest BCUT2D eigenvalue weighted by Crippen LogP contribution is 2.24. The van der Waals surface area contributed by atoms with Crippen LogP contribution in [0.2, 0.25) is 6.82 Å². The van der Waals surface area contributed by atoms with Gasteiger partial charge in [-0.05, 0) is 43.1 Å². The average Bonchev–Trinajstić information content (AvgIpc) is 2.39. The van der Waals surface area contributed by atoms with E-state index >= 15 is 0 Å². The van der Waals surface area contributed by atoms with E-state index in [0.717, 1.165) is 18.5 Å². The van der Waals surface area contributed by atoms with Crippen LogP contribution in [-0.2, 0) is 0 Å². The SMILES string of the molecule is CB(O)N1CC=C(c2ccc([N+](=O)[O-])cc2)CC1. The molecule has 1 heterocycles. The molecule has 5 nitrogen and oxygen atoms in total. The van der Waals surface area contributed by atoms with Gasteiger partial charge in [-0.15, -0.1) is 0 Å². The second-order valence-corrected chi connectivity index (χ2v) is 4.41. The second-order valence-electron chi connectivity index (χ2n) is 4.41. The van der Waals surface area contributed by atoms with Crippen molar-refractivity contribution >= 4 is 18.3 Å². The third-order valence-corrected chi connectivity index (χ3v) is 3.22. The maximum absolute atomic E-state index is 10.6. The van der Waals surface area contributed by atoms with Crippen LogP contribution < -0.4 is 0 Å². The average molecular weight is 246 g/mol. The Morgan fingerprint density at radius 1 is 1.39 bits per heavy atom. The van der Waals surface area contributed by atoms with Crippen molar-refractivity contribution < 1.29 is 9.95 Å². The van der Waals surface area contributed by atoms with E-state index < -0.39 is 12.0 Å². The van der Waals surface area contributed by atoms with Gasteiger partial charge in [0.2, 0.25) is 0 Å². The minimum Gasteiger partial charge on any atom is -0.437 e. The molecule has 0 saturated carbocycles. The number of benzene rings is 1. The zero-order chi connectivity index (χ0) is 13.1. The fraction of sp³-hybridized carbons (Fsp3) is 0.333. The lowest BCUT2D eigenvalue weighted by atomic mass is 9.82. The van der Waals surface area contributed by atoms with Gasteiger partial charge in [0.15, 0.2) is 0 Å². The first-order chi connectivity index (χ1) is 8.58. The van der Waals surface area contributed by atoms with Gasteiger partial charge in [0.05, 0.1) is 4.92 Å². The molecule has 0 radical (unpaired) electrons. The Balaban J connectivity index is 2.11. The first-order valence-corrected chi connectivity index (χ1v) is 5.94. The highest BCUT2D eigenvalue weighted by atomic mass is 16.6. The van der Waals surface area contributed by atoms with Gasteiger partial charge in [-0.1, -0.05) is 6.08 Å². The summed E-state index contributed by atoms with van der Waals surface area (Å²) in [6, 6.07) is 6.61. The Morgan fingerprint density at radius 3 is 2.50 bits per heavy atom. The number of nitro groups is 1. The third kappa shape index (κ3) is 2.77. The normalized spacial score (nSPS) is 16.2. The molecule has 0 aromatic heterocycles. The molecular weight excluding hydrogens is 231 g/mol. The number of nitro benzene ring substituents is 1. The maximum atomic E-state index is 10.6. The van der Waals surface area contributed by atoms with E-state index in [1.54, 1.807) is 19.0 Å². The van der Waals surface area contributed by atoms with Gasteiger partial charge in [0.25, 0.3) is 5.69 Å². The van der Waals surface area contributed by atoms with Crippen LogP contribution in [-0.4, -0.2) is 34.9 Å². The number of nitrogens with zero attached hydrogens (tertiary/aromatic N) is 2. The summed E-state index contributed by atoms with van der Waals surface area (Å²) in [5.74, 6) is 0. The van der Waals surface area contributed by atoms with Crippen LogP contribution in [0.4, 0.5) is 5.69 Å². The van der Waals surface area contributed by atoms with Gasteiger partial charge >= 0.3 is 7.05 Å². The first-order valence-electron chi connectivity index (χ1n) is 5.94. The fourth-order valence-corrected chi connectivity index (χ4v) is 2.08. The quantitative estimate of drug-likeness (QED) is 0.501. The second kappa shape index (κ2) is 5.33. The lowest BCUT2D eigenvalue weighted by Crippen LogP contribution is -2.39. The predicted octanol–water partition coefficient (Wildman–Crippen LogP) is 1.79. The van der Waals surface area contributed by atoms with Crippen molar-refractivity contribution in [1.82, 2.24) is 4.81 Å². The molecule has 1 aliphatic heterocycles. The van der Waals surface area contributed by atoms with E-state index in [9.17, 15) is 15.1 Å². The fourth-order valence-electron chi connectivity index (χ4n) is 2.08. The van der Waals surface area contributed by atoms with Crippen LogP contribution in [0.15, 0.2) is 30.3 Å². The molecule has 6 heteroatoms. The van der Waals surface area contributed by atoms with Crippen molar-refractivity contribution in [2.24, 2.45) is 0 Å². The summed E-state index contributed by atoms with van der Waals surface area (Å²) >= 11 is 0. The van der Waals surface area contributed by atoms with Crippen LogP contribution >= 0.6 is 0 Å². The topological polar surface area (TPSA) is 66.6 Å². The summed E-state index contributed by atoms with van der Waals surface area (Å²) in [6.45, 7) is 3.27. The van der Waals surface area contributed by atoms with Crippen LogP contribution in [0.25, 0.3) is 5.57 Å². The standard InChI is InChI=1S/C12H15BN2O3/c1-13(16)14-8-6-11(7-9-14)10-2-4-12(5-3-10)15(17)18/h2-6,16H,7-9H2,1H3. The lowest BCUT2D eigenvalue weighted by molar-refractivity contribution is -0.384. The number of hydrogen-bond acceptors (Lipinski definition) is 4. The summed E-state index contributed by atoms with van der Waals surface area (Å²) in [4.78, 5) is 12.1. The highest BCUT2D eigenvalue weighted by molar-refractivity contribution is 6.45. The molecule has 0 atom stereocenters. The molecule has 0 aliphatic carbocycles. The predicted molar refractivity (Wildman–Crippen MR) is 71.1 cm³/mol. The van der Waals surface area contributed by atoms with Gasteiger partial charge in [-0.2, -0.15) is 0 Å². The summed E-state index contributed by atoms with van der Waals surface area (Å²) in [6.07, 6.45) is 2.92. The molecule has 1 aromatic rings. The van der Waals surface area contributed by atoms with E-state index in [0.29, 0.717) is 6.54 Å². The van der Waals surface area contributed by atoms with Crippen LogP contribution in [0.3, 0.4) is 0 Å². The van der Waals surface area contributed by atoms with Crippen molar-refractivity contribution in [3.8, 4) is 0 Å². The molecular formula is C12H15BN2O3. The summed E-state index contributed by atoms with van der Waals surface area (Å²) in [7, 11) is -0.431. The van der Waals surface area contributed by atoms with Crippen molar-refractivity contribution in [1.29, 1.82) is 0 Å². The molecule has 94 valence electrons. The lowest BCUT2D eigenvalue weighted by Gasteiger charge is -2.27. The molecule has 0 amide bonds. The Labute approximate surface area is 106 Å². The Bertz CT molecular complexity index is 471. The van der Waals surface area contributed by atoms with E-state index in [1.165, 1.54) is 17.7 Å². The van der Waals surface area contributed by atoms with E-state index in [2.05, 4.69) is 6.08 Å². The van der Waals surface area contributed by atoms with Crippen molar-refractivity contribution in [3.63, 3.8) is 0 Å². The van der Waals surface area contributed by atoms with Crippen LogP contribution in [0.5, 0.6) is 0 Å². The first kappa shape index (κ1) is 12.8. The van der Waals surface area contributed by atoms with Crippen LogP contribution in [0, 0.1) is 10.1 Å². The molecule has 1 aromatic carbocycles. The smallest absolute Gasteiger partial charge is 0.376 e. The Kier molecular flexibility index (Phi) is 3.79. The molecule has 1 aliphatic rings. The van der Waals surface area contributed by atoms with Crippen LogP contribution in [0.1, 0.15) is 12.0 Å². The van der Waals surface area contributed by atoms with Crippen molar-refractivity contribution in [2.45, 2.75) is 13.2 Å². The largest absolute Gasteiger partial charge is 0.437 e.